The summed E-state index contributed by atoms with van der Waals surface area (Å²) in [7, 11) is -3.72. The molecule has 0 aliphatic rings. The Morgan fingerprint density at radius 3 is 2.14 bits per heavy atom. The summed E-state index contributed by atoms with van der Waals surface area (Å²) in [5, 5.41) is 5.16. The number of rotatable bonds is 11. The van der Waals surface area contributed by atoms with Gasteiger partial charge in [-0.2, -0.15) is 0 Å². The summed E-state index contributed by atoms with van der Waals surface area (Å²) in [5.41, 5.74) is 0. The van der Waals surface area contributed by atoms with E-state index in [1.165, 1.54) is 44.6 Å². The third kappa shape index (κ3) is 7.48. The lowest BCUT2D eigenvalue weighted by Gasteiger charge is -2.09. The first kappa shape index (κ1) is 18.0. The van der Waals surface area contributed by atoms with Crippen LogP contribution in [0, 0.1) is 0 Å². The van der Waals surface area contributed by atoms with E-state index in [9.17, 15) is 8.42 Å². The van der Waals surface area contributed by atoms with Crippen LogP contribution in [0.25, 0.3) is 0 Å². The fourth-order valence-electron chi connectivity index (χ4n) is 2.22. The monoisotopic (exact) mass is 313 g/mol. The Kier molecular flexibility index (Phi) is 8.38. The minimum Gasteiger partial charge on any atom is -0.492 e. The lowest BCUT2D eigenvalue weighted by atomic mass is 10.1. The molecule has 1 aromatic carbocycles. The molecule has 0 unspecified atom stereocenters. The molecule has 0 aromatic heterocycles. The molecular formula is C16H27NO3S. The molecule has 2 N–H and O–H groups in total. The van der Waals surface area contributed by atoms with E-state index in [-0.39, 0.29) is 4.90 Å². The highest BCUT2D eigenvalue weighted by Crippen LogP contribution is 2.22. The summed E-state index contributed by atoms with van der Waals surface area (Å²) in [4.78, 5) is 0.0598. The zero-order valence-electron chi connectivity index (χ0n) is 12.9. The summed E-state index contributed by atoms with van der Waals surface area (Å²) in [5.74, 6) is 0.350. The van der Waals surface area contributed by atoms with Crippen molar-refractivity contribution >= 4 is 10.0 Å². The van der Waals surface area contributed by atoms with Crippen LogP contribution in [0.3, 0.4) is 0 Å². The van der Waals surface area contributed by atoms with Gasteiger partial charge in [-0.15, -0.1) is 0 Å². The minimum absolute atomic E-state index is 0.0598. The van der Waals surface area contributed by atoms with E-state index < -0.39 is 10.0 Å². The van der Waals surface area contributed by atoms with Gasteiger partial charge in [-0.3, -0.25) is 0 Å². The molecule has 120 valence electrons. The van der Waals surface area contributed by atoms with Gasteiger partial charge in [0.05, 0.1) is 6.61 Å². The predicted molar refractivity (Wildman–Crippen MR) is 85.9 cm³/mol. The Labute approximate surface area is 128 Å². The maximum atomic E-state index is 11.4. The van der Waals surface area contributed by atoms with Crippen LogP contribution in [0.2, 0.25) is 0 Å². The van der Waals surface area contributed by atoms with Crippen LogP contribution in [0.4, 0.5) is 0 Å². The fraction of sp³-hybridized carbons (Fsp3) is 0.625. The smallest absolute Gasteiger partial charge is 0.241 e. The van der Waals surface area contributed by atoms with Crippen LogP contribution in [0.15, 0.2) is 29.2 Å². The molecule has 0 radical (unpaired) electrons. The van der Waals surface area contributed by atoms with Crippen molar-refractivity contribution in [3.8, 4) is 5.75 Å². The van der Waals surface area contributed by atoms with Crippen molar-refractivity contribution in [1.82, 2.24) is 0 Å². The molecule has 5 heteroatoms. The molecule has 0 bridgehead atoms. The third-order valence-electron chi connectivity index (χ3n) is 3.41. The molecule has 21 heavy (non-hydrogen) atoms. The molecular weight excluding hydrogens is 286 g/mol. The molecule has 4 nitrogen and oxygen atoms in total. The molecule has 1 rings (SSSR count). The molecule has 0 aliphatic carbocycles. The van der Waals surface area contributed by atoms with Gasteiger partial charge in [0, 0.05) is 0 Å². The number of ether oxygens (including phenoxy) is 1. The summed E-state index contributed by atoms with van der Waals surface area (Å²) < 4.78 is 28.4. The van der Waals surface area contributed by atoms with Gasteiger partial charge in [-0.1, -0.05) is 64.0 Å². The van der Waals surface area contributed by atoms with Crippen LogP contribution in [-0.4, -0.2) is 15.0 Å². The van der Waals surface area contributed by atoms with Gasteiger partial charge in [0.1, 0.15) is 10.6 Å². The summed E-state index contributed by atoms with van der Waals surface area (Å²) in [6.45, 7) is 2.75. The maximum absolute atomic E-state index is 11.4. The zero-order valence-corrected chi connectivity index (χ0v) is 13.7. The van der Waals surface area contributed by atoms with Crippen LogP contribution in [0.5, 0.6) is 5.75 Å². The van der Waals surface area contributed by atoms with E-state index >= 15 is 0 Å². The standard InChI is InChI=1S/C16H27NO3S/c1-2-3-4-5-6-7-8-11-14-20-15-12-9-10-13-16(15)21(17,18)19/h9-10,12-13H,2-8,11,14H2,1H3,(H2,17,18,19). The van der Waals surface area contributed by atoms with Crippen molar-refractivity contribution in [2.75, 3.05) is 6.61 Å². The molecule has 0 aliphatic heterocycles. The topological polar surface area (TPSA) is 69.4 Å². The van der Waals surface area contributed by atoms with Gasteiger partial charge >= 0.3 is 0 Å². The number of nitrogens with two attached hydrogens (primary N) is 1. The zero-order chi connectivity index (χ0) is 15.6. The van der Waals surface area contributed by atoms with Crippen LogP contribution < -0.4 is 9.88 Å². The van der Waals surface area contributed by atoms with E-state index in [1.54, 1.807) is 18.2 Å². The highest BCUT2D eigenvalue weighted by molar-refractivity contribution is 7.89. The first-order valence-corrected chi connectivity index (χ1v) is 9.35. The van der Waals surface area contributed by atoms with Gasteiger partial charge in [0.2, 0.25) is 10.0 Å². The largest absolute Gasteiger partial charge is 0.492 e. The first-order valence-electron chi connectivity index (χ1n) is 7.80. The number of benzene rings is 1. The van der Waals surface area contributed by atoms with Gasteiger partial charge in [0.25, 0.3) is 0 Å². The van der Waals surface area contributed by atoms with Gasteiger partial charge < -0.3 is 4.74 Å². The quantitative estimate of drug-likeness (QED) is 0.631. The number of para-hydroxylation sites is 1. The van der Waals surface area contributed by atoms with Crippen molar-refractivity contribution in [2.24, 2.45) is 5.14 Å². The second kappa shape index (κ2) is 9.79. The number of unbranched alkanes of at least 4 members (excludes halogenated alkanes) is 7. The third-order valence-corrected chi connectivity index (χ3v) is 4.36. The Morgan fingerprint density at radius 1 is 0.952 bits per heavy atom. The van der Waals surface area contributed by atoms with E-state index in [2.05, 4.69) is 6.92 Å². The van der Waals surface area contributed by atoms with E-state index in [1.807, 2.05) is 0 Å². The van der Waals surface area contributed by atoms with Crippen molar-refractivity contribution < 1.29 is 13.2 Å². The predicted octanol–water partition coefficient (Wildman–Crippen LogP) is 3.85. The maximum Gasteiger partial charge on any atom is 0.241 e. The number of sulfonamides is 1. The molecule has 0 fully saturated rings. The van der Waals surface area contributed by atoms with Crippen LogP contribution in [0.1, 0.15) is 58.3 Å². The molecule has 0 atom stereocenters. The first-order chi connectivity index (χ1) is 10.1. The second-order valence-corrected chi connectivity index (χ2v) is 6.84. The molecule has 0 saturated heterocycles. The van der Waals surface area contributed by atoms with E-state index in [4.69, 9.17) is 9.88 Å². The summed E-state index contributed by atoms with van der Waals surface area (Å²) >= 11 is 0. The van der Waals surface area contributed by atoms with E-state index in [0.717, 1.165) is 12.8 Å². The second-order valence-electron chi connectivity index (χ2n) is 5.32. The number of primary sulfonamides is 1. The van der Waals surface area contributed by atoms with Gasteiger partial charge in [-0.25, -0.2) is 13.6 Å². The van der Waals surface area contributed by atoms with Gasteiger partial charge in [-0.05, 0) is 18.6 Å². The number of hydrogen-bond donors (Lipinski definition) is 1. The van der Waals surface area contributed by atoms with Crippen LogP contribution in [-0.2, 0) is 10.0 Å². The Bertz CT molecular complexity index is 500. The highest BCUT2D eigenvalue weighted by Gasteiger charge is 2.13. The van der Waals surface area contributed by atoms with E-state index in [0.29, 0.717) is 12.4 Å². The minimum atomic E-state index is -3.72. The van der Waals surface area contributed by atoms with Crippen molar-refractivity contribution in [1.29, 1.82) is 0 Å². The molecule has 0 amide bonds. The SMILES string of the molecule is CCCCCCCCCCOc1ccccc1S(N)(=O)=O. The molecule has 0 heterocycles. The molecule has 0 saturated carbocycles. The Balaban J connectivity index is 2.22. The fourth-order valence-corrected chi connectivity index (χ4v) is 2.90. The normalized spacial score (nSPS) is 11.5. The lowest BCUT2D eigenvalue weighted by Crippen LogP contribution is -2.14. The highest BCUT2D eigenvalue weighted by atomic mass is 32.2. The van der Waals surface area contributed by atoms with Gasteiger partial charge in [0.15, 0.2) is 0 Å². The molecule has 1 aromatic rings. The Morgan fingerprint density at radius 2 is 1.52 bits per heavy atom. The number of hydrogen-bond acceptors (Lipinski definition) is 3. The average molecular weight is 313 g/mol. The van der Waals surface area contributed by atoms with Crippen LogP contribution >= 0.6 is 0 Å². The van der Waals surface area contributed by atoms with Crippen molar-refractivity contribution in [3.63, 3.8) is 0 Å². The Hall–Kier alpha value is -1.07. The summed E-state index contributed by atoms with van der Waals surface area (Å²) in [6.07, 6.45) is 9.77. The average Bonchev–Trinajstić information content (AvgIpc) is 2.45. The molecule has 0 spiro atoms. The summed E-state index contributed by atoms with van der Waals surface area (Å²) in [6, 6.07) is 6.50. The lowest BCUT2D eigenvalue weighted by molar-refractivity contribution is 0.297. The van der Waals surface area contributed by atoms with Crippen molar-refractivity contribution in [2.45, 2.75) is 63.2 Å². The van der Waals surface area contributed by atoms with Crippen molar-refractivity contribution in [3.05, 3.63) is 24.3 Å².